The van der Waals surface area contributed by atoms with Crippen LogP contribution in [0, 0.1) is 0 Å². The van der Waals surface area contributed by atoms with Crippen LogP contribution in [0.15, 0.2) is 24.3 Å². The first kappa shape index (κ1) is 11.2. The second-order valence-corrected chi connectivity index (χ2v) is 4.75. The molecule has 1 rings (SSSR count). The van der Waals surface area contributed by atoms with Gasteiger partial charge in [-0.2, -0.15) is 0 Å². The SMILES string of the molecule is CC(C)Oc1ccccc1P(=O)(O)O. The van der Waals surface area contributed by atoms with Gasteiger partial charge in [-0.05, 0) is 26.0 Å². The fourth-order valence-electron chi connectivity index (χ4n) is 1.05. The molecule has 1 aromatic carbocycles. The third-order valence-electron chi connectivity index (χ3n) is 1.54. The molecule has 0 aliphatic heterocycles. The summed E-state index contributed by atoms with van der Waals surface area (Å²) in [6.07, 6.45) is -0.109. The molecule has 14 heavy (non-hydrogen) atoms. The number of para-hydroxylation sites is 1. The maximum absolute atomic E-state index is 11.0. The lowest BCUT2D eigenvalue weighted by Gasteiger charge is -2.14. The van der Waals surface area contributed by atoms with Crippen molar-refractivity contribution in [1.82, 2.24) is 0 Å². The van der Waals surface area contributed by atoms with Crippen molar-refractivity contribution >= 4 is 12.9 Å². The van der Waals surface area contributed by atoms with Crippen LogP contribution in [0.4, 0.5) is 0 Å². The lowest BCUT2D eigenvalue weighted by atomic mass is 10.3. The van der Waals surface area contributed by atoms with Crippen molar-refractivity contribution in [3.8, 4) is 5.75 Å². The Kier molecular flexibility index (Phi) is 3.32. The summed E-state index contributed by atoms with van der Waals surface area (Å²) in [5, 5.41) is -0.0614. The van der Waals surface area contributed by atoms with Crippen LogP contribution in [0.3, 0.4) is 0 Å². The summed E-state index contributed by atoms with van der Waals surface area (Å²) in [7, 11) is -4.24. The minimum absolute atomic E-state index is 0.0614. The first-order valence-corrected chi connectivity index (χ1v) is 5.84. The van der Waals surface area contributed by atoms with E-state index in [1.807, 2.05) is 0 Å². The summed E-state index contributed by atoms with van der Waals surface area (Å²) in [6, 6.07) is 6.17. The average molecular weight is 216 g/mol. The summed E-state index contributed by atoms with van der Waals surface area (Å²) in [6.45, 7) is 3.60. The lowest BCUT2D eigenvalue weighted by Crippen LogP contribution is -2.14. The van der Waals surface area contributed by atoms with Crippen LogP contribution >= 0.6 is 7.60 Å². The van der Waals surface area contributed by atoms with Gasteiger partial charge in [-0.15, -0.1) is 0 Å². The number of hydrogen-bond donors (Lipinski definition) is 2. The molecule has 5 heteroatoms. The van der Waals surface area contributed by atoms with Gasteiger partial charge in [0.05, 0.1) is 6.10 Å². The highest BCUT2D eigenvalue weighted by Crippen LogP contribution is 2.37. The third-order valence-corrected chi connectivity index (χ3v) is 2.54. The smallest absolute Gasteiger partial charge is 0.359 e. The zero-order valence-electron chi connectivity index (χ0n) is 8.04. The van der Waals surface area contributed by atoms with Gasteiger partial charge in [0.15, 0.2) is 0 Å². The van der Waals surface area contributed by atoms with Gasteiger partial charge >= 0.3 is 7.60 Å². The molecule has 0 unspecified atom stereocenters. The topological polar surface area (TPSA) is 66.8 Å². The van der Waals surface area contributed by atoms with Gasteiger partial charge in [0, 0.05) is 0 Å². The Morgan fingerprint density at radius 3 is 2.36 bits per heavy atom. The van der Waals surface area contributed by atoms with E-state index in [2.05, 4.69) is 0 Å². The van der Waals surface area contributed by atoms with E-state index in [0.29, 0.717) is 0 Å². The molecular weight excluding hydrogens is 203 g/mol. The van der Waals surface area contributed by atoms with Crippen LogP contribution < -0.4 is 10.0 Å². The molecule has 0 heterocycles. The zero-order chi connectivity index (χ0) is 10.8. The normalized spacial score (nSPS) is 11.8. The van der Waals surface area contributed by atoms with Gasteiger partial charge in [-0.3, -0.25) is 4.57 Å². The maximum atomic E-state index is 11.0. The van der Waals surface area contributed by atoms with E-state index < -0.39 is 7.60 Å². The van der Waals surface area contributed by atoms with Crippen LogP contribution in [0.5, 0.6) is 5.75 Å². The minimum atomic E-state index is -4.24. The molecule has 0 saturated heterocycles. The zero-order valence-corrected chi connectivity index (χ0v) is 8.94. The predicted molar refractivity (Wildman–Crippen MR) is 53.9 cm³/mol. The Balaban J connectivity index is 3.10. The second kappa shape index (κ2) is 4.13. The molecule has 4 nitrogen and oxygen atoms in total. The number of ether oxygens (including phenoxy) is 1. The molecule has 0 fully saturated rings. The van der Waals surface area contributed by atoms with Crippen molar-refractivity contribution in [2.45, 2.75) is 20.0 Å². The van der Waals surface area contributed by atoms with E-state index in [-0.39, 0.29) is 17.2 Å². The van der Waals surface area contributed by atoms with Gasteiger partial charge < -0.3 is 14.5 Å². The van der Waals surface area contributed by atoms with Crippen molar-refractivity contribution in [1.29, 1.82) is 0 Å². The minimum Gasteiger partial charge on any atom is -0.490 e. The molecule has 0 aliphatic carbocycles. The van der Waals surface area contributed by atoms with E-state index in [9.17, 15) is 4.57 Å². The van der Waals surface area contributed by atoms with E-state index in [4.69, 9.17) is 14.5 Å². The van der Waals surface area contributed by atoms with Crippen LogP contribution in [0.2, 0.25) is 0 Å². The van der Waals surface area contributed by atoms with E-state index >= 15 is 0 Å². The molecule has 0 aromatic heterocycles. The molecule has 0 amide bonds. The van der Waals surface area contributed by atoms with Gasteiger partial charge in [0.25, 0.3) is 0 Å². The molecule has 0 bridgehead atoms. The molecule has 1 aromatic rings. The van der Waals surface area contributed by atoms with Gasteiger partial charge in [-0.25, -0.2) is 0 Å². The van der Waals surface area contributed by atoms with Crippen molar-refractivity contribution < 1.29 is 19.1 Å². The highest BCUT2D eigenvalue weighted by molar-refractivity contribution is 7.60. The summed E-state index contributed by atoms with van der Waals surface area (Å²) in [5.74, 6) is 0.246. The molecule has 78 valence electrons. The van der Waals surface area contributed by atoms with E-state index in [0.717, 1.165) is 0 Å². The standard InChI is InChI=1S/C9H13O4P/c1-7(2)13-8-5-3-4-6-9(8)14(10,11)12/h3-7H,1-2H3,(H2,10,11,12). The van der Waals surface area contributed by atoms with Gasteiger partial charge in [-0.1, -0.05) is 12.1 Å². The summed E-state index contributed by atoms with van der Waals surface area (Å²) >= 11 is 0. The highest BCUT2D eigenvalue weighted by Gasteiger charge is 2.22. The second-order valence-electron chi connectivity index (χ2n) is 3.18. The Hall–Kier alpha value is -0.830. The van der Waals surface area contributed by atoms with Crippen molar-refractivity contribution in [2.24, 2.45) is 0 Å². The van der Waals surface area contributed by atoms with E-state index in [1.54, 1.807) is 32.0 Å². The van der Waals surface area contributed by atoms with Crippen LogP contribution in [-0.4, -0.2) is 15.9 Å². The van der Waals surface area contributed by atoms with Gasteiger partial charge in [0.1, 0.15) is 11.1 Å². The van der Waals surface area contributed by atoms with E-state index in [1.165, 1.54) is 6.07 Å². The number of rotatable bonds is 3. The fourth-order valence-corrected chi connectivity index (χ4v) is 1.75. The van der Waals surface area contributed by atoms with Crippen LogP contribution in [-0.2, 0) is 4.57 Å². The Bertz CT molecular complexity index is 356. The van der Waals surface area contributed by atoms with Crippen molar-refractivity contribution in [3.05, 3.63) is 24.3 Å². The monoisotopic (exact) mass is 216 g/mol. The summed E-state index contributed by atoms with van der Waals surface area (Å²) < 4.78 is 16.3. The molecule has 0 aliphatic rings. The van der Waals surface area contributed by atoms with Gasteiger partial charge in [0.2, 0.25) is 0 Å². The largest absolute Gasteiger partial charge is 0.490 e. The molecule has 0 saturated carbocycles. The maximum Gasteiger partial charge on any atom is 0.359 e. The molecule has 0 radical (unpaired) electrons. The average Bonchev–Trinajstić information content (AvgIpc) is 2.01. The third kappa shape index (κ3) is 2.84. The Morgan fingerprint density at radius 1 is 1.29 bits per heavy atom. The molecule has 0 spiro atoms. The molecular formula is C9H13O4P. The number of benzene rings is 1. The molecule has 2 N–H and O–H groups in total. The van der Waals surface area contributed by atoms with Crippen molar-refractivity contribution in [3.63, 3.8) is 0 Å². The lowest BCUT2D eigenvalue weighted by molar-refractivity contribution is 0.243. The van der Waals surface area contributed by atoms with Crippen LogP contribution in [0.25, 0.3) is 0 Å². The Labute approximate surface area is 82.7 Å². The fraction of sp³-hybridized carbons (Fsp3) is 0.333. The first-order chi connectivity index (χ1) is 6.41. The quantitative estimate of drug-likeness (QED) is 0.747. The predicted octanol–water partition coefficient (Wildman–Crippen LogP) is 1.28. The summed E-state index contributed by atoms with van der Waals surface area (Å²) in [4.78, 5) is 18.0. The van der Waals surface area contributed by atoms with Crippen LogP contribution in [0.1, 0.15) is 13.8 Å². The Morgan fingerprint density at radius 2 is 1.86 bits per heavy atom. The number of hydrogen-bond acceptors (Lipinski definition) is 2. The first-order valence-electron chi connectivity index (χ1n) is 4.23. The van der Waals surface area contributed by atoms with Crippen molar-refractivity contribution in [2.75, 3.05) is 0 Å². The summed E-state index contributed by atoms with van der Waals surface area (Å²) in [5.41, 5.74) is 0. The highest BCUT2D eigenvalue weighted by atomic mass is 31.2. The molecule has 0 atom stereocenters.